The number of nitrogens with two attached hydrogens (primary N) is 1. The Bertz CT molecular complexity index is 490. The Labute approximate surface area is 90.1 Å². The molecule has 1 aromatic heterocycles. The second-order valence-corrected chi connectivity index (χ2v) is 4.71. The number of halogens is 3. The molecule has 0 aromatic carbocycles. The molecular formula is C7H7ClF2N2O2S. The van der Waals surface area contributed by atoms with Crippen molar-refractivity contribution in [1.82, 2.24) is 4.98 Å². The zero-order valence-electron chi connectivity index (χ0n) is 7.54. The number of aryl methyl sites for hydroxylation is 1. The topological polar surface area (TPSA) is 73.1 Å². The van der Waals surface area contributed by atoms with Crippen molar-refractivity contribution in [3.8, 4) is 0 Å². The standard InChI is InChI=1S/C7H7ClF2N2O2S/c1-3-2-4(8)6(15(11,13)14)5(12-3)7(9)10/h2,7H,1H3,(H2,11,13,14). The number of pyridine rings is 1. The summed E-state index contributed by atoms with van der Waals surface area (Å²) in [5.74, 6) is 0. The van der Waals surface area contributed by atoms with Gasteiger partial charge in [-0.25, -0.2) is 22.3 Å². The third-order valence-corrected chi connectivity index (χ3v) is 2.98. The van der Waals surface area contributed by atoms with Gasteiger partial charge in [0.1, 0.15) is 10.6 Å². The lowest BCUT2D eigenvalue weighted by atomic mass is 10.3. The Hall–Kier alpha value is -0.790. The first kappa shape index (κ1) is 12.3. The molecule has 1 rings (SSSR count). The van der Waals surface area contributed by atoms with Gasteiger partial charge in [0, 0.05) is 5.69 Å². The number of rotatable bonds is 2. The van der Waals surface area contributed by atoms with Crippen LogP contribution in [0.1, 0.15) is 17.8 Å². The molecule has 8 heteroatoms. The van der Waals surface area contributed by atoms with E-state index in [-0.39, 0.29) is 10.7 Å². The Kier molecular flexibility index (Phi) is 3.27. The predicted molar refractivity (Wildman–Crippen MR) is 50.3 cm³/mol. The van der Waals surface area contributed by atoms with Crippen LogP contribution in [0.2, 0.25) is 5.02 Å². The van der Waals surface area contributed by atoms with Gasteiger partial charge in [-0.1, -0.05) is 11.6 Å². The van der Waals surface area contributed by atoms with Crippen LogP contribution in [0.4, 0.5) is 8.78 Å². The zero-order chi connectivity index (χ0) is 11.8. The van der Waals surface area contributed by atoms with Crippen molar-refractivity contribution in [1.29, 1.82) is 0 Å². The fourth-order valence-corrected chi connectivity index (χ4v) is 2.41. The SMILES string of the molecule is Cc1cc(Cl)c(S(N)(=O)=O)c(C(F)F)n1. The molecule has 0 bridgehead atoms. The summed E-state index contributed by atoms with van der Waals surface area (Å²) in [7, 11) is -4.30. The molecule has 1 aromatic rings. The number of alkyl halides is 2. The van der Waals surface area contributed by atoms with E-state index < -0.39 is 27.0 Å². The summed E-state index contributed by atoms with van der Waals surface area (Å²) in [6.45, 7) is 1.42. The van der Waals surface area contributed by atoms with E-state index in [0.717, 1.165) is 6.07 Å². The van der Waals surface area contributed by atoms with E-state index in [9.17, 15) is 17.2 Å². The van der Waals surface area contributed by atoms with Crippen molar-refractivity contribution in [2.24, 2.45) is 5.14 Å². The summed E-state index contributed by atoms with van der Waals surface area (Å²) in [5.41, 5.74) is -0.717. The molecule has 84 valence electrons. The maximum Gasteiger partial charge on any atom is 0.281 e. The molecule has 0 radical (unpaired) electrons. The van der Waals surface area contributed by atoms with Gasteiger partial charge in [-0.05, 0) is 13.0 Å². The van der Waals surface area contributed by atoms with Crippen LogP contribution < -0.4 is 5.14 Å². The Morgan fingerprint density at radius 3 is 2.47 bits per heavy atom. The molecule has 15 heavy (non-hydrogen) atoms. The second kappa shape index (κ2) is 3.99. The normalized spacial score (nSPS) is 12.1. The fraction of sp³-hybridized carbons (Fsp3) is 0.286. The molecule has 0 amide bonds. The van der Waals surface area contributed by atoms with Crippen molar-refractivity contribution < 1.29 is 17.2 Å². The van der Waals surface area contributed by atoms with Crippen molar-refractivity contribution in [2.45, 2.75) is 18.2 Å². The van der Waals surface area contributed by atoms with Crippen molar-refractivity contribution in [3.63, 3.8) is 0 Å². The van der Waals surface area contributed by atoms with Crippen LogP contribution in [-0.4, -0.2) is 13.4 Å². The summed E-state index contributed by atoms with van der Waals surface area (Å²) in [4.78, 5) is 2.59. The number of hydrogen-bond donors (Lipinski definition) is 1. The fourth-order valence-electron chi connectivity index (χ4n) is 1.07. The first-order valence-corrected chi connectivity index (χ1v) is 5.64. The maximum atomic E-state index is 12.5. The highest BCUT2D eigenvalue weighted by atomic mass is 35.5. The molecule has 0 fully saturated rings. The number of nitrogens with zero attached hydrogens (tertiary/aromatic N) is 1. The zero-order valence-corrected chi connectivity index (χ0v) is 9.11. The van der Waals surface area contributed by atoms with Crippen LogP contribution in [0, 0.1) is 6.92 Å². The Morgan fingerprint density at radius 1 is 1.53 bits per heavy atom. The Balaban J connectivity index is 3.62. The number of aromatic nitrogens is 1. The highest BCUT2D eigenvalue weighted by molar-refractivity contribution is 7.89. The molecule has 0 saturated heterocycles. The van der Waals surface area contributed by atoms with E-state index in [0.29, 0.717) is 0 Å². The van der Waals surface area contributed by atoms with Crippen molar-refractivity contribution >= 4 is 21.6 Å². The van der Waals surface area contributed by atoms with Gasteiger partial charge in [-0.3, -0.25) is 4.98 Å². The van der Waals surface area contributed by atoms with Crippen LogP contribution in [-0.2, 0) is 10.0 Å². The van der Waals surface area contributed by atoms with E-state index in [1.807, 2.05) is 0 Å². The molecule has 0 unspecified atom stereocenters. The minimum atomic E-state index is -4.30. The third kappa shape index (κ3) is 2.61. The van der Waals surface area contributed by atoms with Gasteiger partial charge in [-0.2, -0.15) is 0 Å². The summed E-state index contributed by atoms with van der Waals surface area (Å²) >= 11 is 5.53. The van der Waals surface area contributed by atoms with Gasteiger partial charge in [0.25, 0.3) is 6.43 Å². The second-order valence-electron chi connectivity index (χ2n) is 2.81. The van der Waals surface area contributed by atoms with Crippen LogP contribution in [0.3, 0.4) is 0 Å². The van der Waals surface area contributed by atoms with Crippen LogP contribution in [0.15, 0.2) is 11.0 Å². The average Bonchev–Trinajstić information content (AvgIpc) is 1.99. The lowest BCUT2D eigenvalue weighted by Gasteiger charge is -2.08. The minimum absolute atomic E-state index is 0.197. The largest absolute Gasteiger partial charge is 0.281 e. The van der Waals surface area contributed by atoms with E-state index in [1.54, 1.807) is 0 Å². The van der Waals surface area contributed by atoms with Crippen LogP contribution in [0.25, 0.3) is 0 Å². The first-order chi connectivity index (χ1) is 6.73. The lowest BCUT2D eigenvalue weighted by Crippen LogP contribution is -2.17. The highest BCUT2D eigenvalue weighted by Crippen LogP contribution is 2.30. The molecule has 0 spiro atoms. The van der Waals surface area contributed by atoms with E-state index >= 15 is 0 Å². The van der Waals surface area contributed by atoms with Crippen LogP contribution >= 0.6 is 11.6 Å². The molecular weight excluding hydrogens is 250 g/mol. The molecule has 2 N–H and O–H groups in total. The van der Waals surface area contributed by atoms with Gasteiger partial charge in [0.15, 0.2) is 0 Å². The minimum Gasteiger partial charge on any atom is -0.251 e. The predicted octanol–water partition coefficient (Wildman–Crippen LogP) is 1.63. The number of primary sulfonamides is 1. The third-order valence-electron chi connectivity index (χ3n) is 1.57. The van der Waals surface area contributed by atoms with Gasteiger partial charge in [-0.15, -0.1) is 0 Å². The summed E-state index contributed by atoms with van der Waals surface area (Å²) in [6.07, 6.45) is -3.05. The van der Waals surface area contributed by atoms with Gasteiger partial charge in [0.2, 0.25) is 10.0 Å². The Morgan fingerprint density at radius 2 is 2.07 bits per heavy atom. The van der Waals surface area contributed by atoms with E-state index in [2.05, 4.69) is 4.98 Å². The molecule has 4 nitrogen and oxygen atoms in total. The summed E-state index contributed by atoms with van der Waals surface area (Å²) in [5, 5.41) is 4.41. The smallest absolute Gasteiger partial charge is 0.251 e. The molecule has 1 heterocycles. The molecule has 0 aliphatic rings. The molecule has 0 atom stereocenters. The monoisotopic (exact) mass is 256 g/mol. The summed E-state index contributed by atoms with van der Waals surface area (Å²) in [6, 6.07) is 1.16. The number of sulfonamides is 1. The van der Waals surface area contributed by atoms with Gasteiger partial charge < -0.3 is 0 Å². The maximum absolute atomic E-state index is 12.5. The van der Waals surface area contributed by atoms with Crippen molar-refractivity contribution in [3.05, 3.63) is 22.5 Å². The van der Waals surface area contributed by atoms with Crippen molar-refractivity contribution in [2.75, 3.05) is 0 Å². The van der Waals surface area contributed by atoms with Gasteiger partial charge in [0.05, 0.1) is 5.02 Å². The average molecular weight is 257 g/mol. The quantitative estimate of drug-likeness (QED) is 0.874. The molecule has 0 saturated carbocycles. The first-order valence-electron chi connectivity index (χ1n) is 3.71. The van der Waals surface area contributed by atoms with E-state index in [1.165, 1.54) is 6.92 Å². The van der Waals surface area contributed by atoms with Gasteiger partial charge >= 0.3 is 0 Å². The highest BCUT2D eigenvalue weighted by Gasteiger charge is 2.25. The summed E-state index contributed by atoms with van der Waals surface area (Å²) < 4.78 is 47.0. The molecule has 0 aliphatic heterocycles. The van der Waals surface area contributed by atoms with E-state index in [4.69, 9.17) is 16.7 Å². The van der Waals surface area contributed by atoms with Crippen LogP contribution in [0.5, 0.6) is 0 Å². The number of hydrogen-bond acceptors (Lipinski definition) is 3. The molecule has 0 aliphatic carbocycles. The lowest BCUT2D eigenvalue weighted by molar-refractivity contribution is 0.142.